The summed E-state index contributed by atoms with van der Waals surface area (Å²) in [4.78, 5) is 7.87. The third-order valence-corrected chi connectivity index (χ3v) is 3.92. The number of nitrogen functional groups attached to an aromatic ring is 1. The number of halogens is 3. The monoisotopic (exact) mass is 333 g/mol. The molecule has 2 aromatic heterocycles. The zero-order valence-electron chi connectivity index (χ0n) is 11.9. The van der Waals surface area contributed by atoms with Crippen molar-refractivity contribution in [3.8, 4) is 0 Å². The van der Waals surface area contributed by atoms with Crippen molar-refractivity contribution in [3.63, 3.8) is 0 Å². The lowest BCUT2D eigenvalue weighted by molar-refractivity contribution is -0.186. The molecule has 0 aliphatic carbocycles. The van der Waals surface area contributed by atoms with Gasteiger partial charge in [0, 0.05) is 0 Å². The Morgan fingerprint density at radius 3 is 2.78 bits per heavy atom. The number of aromatic nitrogens is 4. The van der Waals surface area contributed by atoms with Crippen LogP contribution in [0.25, 0.3) is 5.65 Å². The molecule has 126 valence electrons. The van der Waals surface area contributed by atoms with Gasteiger partial charge in [0.25, 0.3) is 6.43 Å². The molecular formula is C12H14F3N5O3. The van der Waals surface area contributed by atoms with Gasteiger partial charge in [0.05, 0.1) is 24.2 Å². The molecule has 1 saturated heterocycles. The Balaban J connectivity index is 2.09. The standard InChI is InChI=1S/C12H14F3N5O3/c1-4-9-17-2-5(20(9)19-11(16)18-4)7-6(13)8(22)12(3-21,23-7)10(14)15/h2,6-8,10,21-22H,3H2,1H3,(H2,16,19)/t6-,7-,8-,12+/m0/s1. The Morgan fingerprint density at radius 2 is 2.22 bits per heavy atom. The van der Waals surface area contributed by atoms with Crippen LogP contribution in [0.2, 0.25) is 0 Å². The minimum absolute atomic E-state index is 0.0141. The first-order chi connectivity index (χ1) is 10.8. The van der Waals surface area contributed by atoms with Crippen LogP contribution in [0.4, 0.5) is 19.1 Å². The SMILES string of the molecule is Cc1nc(N)nn2c([C@@H]3O[C@@](CO)(C(F)F)[C@@H](O)[C@H]3F)cnc12. The van der Waals surface area contributed by atoms with Gasteiger partial charge in [0.2, 0.25) is 5.95 Å². The number of aryl methyl sites for hydroxylation is 1. The summed E-state index contributed by atoms with van der Waals surface area (Å²) < 4.78 is 46.9. The molecule has 1 aliphatic heterocycles. The molecule has 2 aromatic rings. The summed E-state index contributed by atoms with van der Waals surface area (Å²) in [5, 5.41) is 22.9. The first-order valence-corrected chi connectivity index (χ1v) is 6.68. The summed E-state index contributed by atoms with van der Waals surface area (Å²) in [5.74, 6) is -0.120. The van der Waals surface area contributed by atoms with E-state index in [0.717, 1.165) is 4.52 Å². The van der Waals surface area contributed by atoms with Crippen molar-refractivity contribution in [1.29, 1.82) is 0 Å². The second-order valence-corrected chi connectivity index (χ2v) is 5.32. The topological polar surface area (TPSA) is 119 Å². The van der Waals surface area contributed by atoms with Gasteiger partial charge >= 0.3 is 0 Å². The lowest BCUT2D eigenvalue weighted by Crippen LogP contribution is -2.51. The van der Waals surface area contributed by atoms with E-state index in [1.54, 1.807) is 6.92 Å². The fourth-order valence-electron chi connectivity index (χ4n) is 2.66. The number of alkyl halides is 3. The highest BCUT2D eigenvalue weighted by Crippen LogP contribution is 2.44. The summed E-state index contributed by atoms with van der Waals surface area (Å²) in [6, 6.07) is 0. The summed E-state index contributed by atoms with van der Waals surface area (Å²) in [7, 11) is 0. The van der Waals surface area contributed by atoms with Gasteiger partial charge in [-0.3, -0.25) is 0 Å². The van der Waals surface area contributed by atoms with Gasteiger partial charge in [-0.1, -0.05) is 0 Å². The van der Waals surface area contributed by atoms with Crippen molar-refractivity contribution in [2.45, 2.75) is 37.3 Å². The average molecular weight is 333 g/mol. The predicted molar refractivity (Wildman–Crippen MR) is 70.5 cm³/mol. The molecular weight excluding hydrogens is 319 g/mol. The Hall–Kier alpha value is -1.98. The molecule has 0 aromatic carbocycles. The van der Waals surface area contributed by atoms with Crippen LogP contribution in [0.15, 0.2) is 6.20 Å². The maximum Gasteiger partial charge on any atom is 0.272 e. The van der Waals surface area contributed by atoms with E-state index in [0.29, 0.717) is 5.69 Å². The maximum atomic E-state index is 14.4. The largest absolute Gasteiger partial charge is 0.393 e. The van der Waals surface area contributed by atoms with E-state index in [9.17, 15) is 23.4 Å². The van der Waals surface area contributed by atoms with Crippen LogP contribution in [0.1, 0.15) is 17.5 Å². The van der Waals surface area contributed by atoms with Crippen LogP contribution in [0.5, 0.6) is 0 Å². The minimum atomic E-state index is -3.29. The van der Waals surface area contributed by atoms with Crippen molar-refractivity contribution in [1.82, 2.24) is 19.6 Å². The quantitative estimate of drug-likeness (QED) is 0.710. The molecule has 0 amide bonds. The van der Waals surface area contributed by atoms with Gasteiger partial charge < -0.3 is 20.7 Å². The van der Waals surface area contributed by atoms with Crippen molar-refractivity contribution >= 4 is 11.6 Å². The molecule has 11 heteroatoms. The highest BCUT2D eigenvalue weighted by Gasteiger charge is 2.61. The van der Waals surface area contributed by atoms with Gasteiger partial charge in [-0.15, -0.1) is 5.10 Å². The molecule has 0 radical (unpaired) electrons. The molecule has 1 aliphatic rings. The molecule has 1 fully saturated rings. The molecule has 23 heavy (non-hydrogen) atoms. The van der Waals surface area contributed by atoms with Crippen LogP contribution >= 0.6 is 0 Å². The number of nitrogens with zero attached hydrogens (tertiary/aromatic N) is 4. The van der Waals surface area contributed by atoms with Crippen LogP contribution in [-0.4, -0.2) is 60.7 Å². The van der Waals surface area contributed by atoms with E-state index in [-0.39, 0.29) is 17.3 Å². The molecule has 3 heterocycles. The molecule has 4 N–H and O–H groups in total. The summed E-state index contributed by atoms with van der Waals surface area (Å²) in [6.07, 6.45) is -8.10. The first-order valence-electron chi connectivity index (χ1n) is 6.68. The molecule has 4 atom stereocenters. The van der Waals surface area contributed by atoms with Gasteiger partial charge in [0.15, 0.2) is 17.4 Å². The fourth-order valence-corrected chi connectivity index (χ4v) is 2.66. The normalized spacial score (nSPS) is 31.3. The molecule has 0 unspecified atom stereocenters. The zero-order valence-corrected chi connectivity index (χ0v) is 11.9. The van der Waals surface area contributed by atoms with Crippen molar-refractivity contribution in [2.75, 3.05) is 12.3 Å². The number of ether oxygens (including phenoxy) is 1. The van der Waals surface area contributed by atoms with Gasteiger partial charge in [-0.2, -0.15) is 0 Å². The zero-order chi connectivity index (χ0) is 16.9. The second kappa shape index (κ2) is 5.28. The average Bonchev–Trinajstić information content (AvgIpc) is 3.01. The highest BCUT2D eigenvalue weighted by atomic mass is 19.3. The smallest absolute Gasteiger partial charge is 0.272 e. The molecule has 3 rings (SSSR count). The second-order valence-electron chi connectivity index (χ2n) is 5.32. The van der Waals surface area contributed by atoms with E-state index in [4.69, 9.17) is 10.5 Å². The van der Waals surface area contributed by atoms with Gasteiger partial charge in [0.1, 0.15) is 12.2 Å². The van der Waals surface area contributed by atoms with Crippen molar-refractivity contribution in [2.24, 2.45) is 0 Å². The minimum Gasteiger partial charge on any atom is -0.393 e. The Kier molecular flexibility index (Phi) is 3.65. The van der Waals surface area contributed by atoms with E-state index in [1.807, 2.05) is 0 Å². The number of rotatable bonds is 3. The molecule has 0 saturated carbocycles. The lowest BCUT2D eigenvalue weighted by atomic mass is 9.96. The van der Waals surface area contributed by atoms with E-state index >= 15 is 0 Å². The maximum absolute atomic E-state index is 14.4. The van der Waals surface area contributed by atoms with E-state index < -0.39 is 37.0 Å². The lowest BCUT2D eigenvalue weighted by Gasteiger charge is -2.28. The third-order valence-electron chi connectivity index (χ3n) is 3.92. The van der Waals surface area contributed by atoms with Crippen LogP contribution in [0, 0.1) is 6.92 Å². The Bertz CT molecular complexity index is 742. The van der Waals surface area contributed by atoms with Crippen LogP contribution < -0.4 is 5.73 Å². The van der Waals surface area contributed by atoms with Crippen molar-refractivity contribution in [3.05, 3.63) is 17.6 Å². The Morgan fingerprint density at radius 1 is 1.52 bits per heavy atom. The fraction of sp³-hybridized carbons (Fsp3) is 0.583. The van der Waals surface area contributed by atoms with Crippen molar-refractivity contribution < 1.29 is 28.1 Å². The Labute approximate surface area is 127 Å². The molecule has 0 bridgehead atoms. The number of aliphatic hydroxyl groups is 2. The number of hydrogen-bond acceptors (Lipinski definition) is 7. The highest BCUT2D eigenvalue weighted by molar-refractivity contribution is 5.46. The van der Waals surface area contributed by atoms with Crippen LogP contribution in [-0.2, 0) is 4.74 Å². The number of aliphatic hydroxyl groups excluding tert-OH is 2. The van der Waals surface area contributed by atoms with E-state index in [2.05, 4.69) is 15.1 Å². The predicted octanol–water partition coefficient (Wildman–Crippen LogP) is -0.219. The molecule has 8 nitrogen and oxygen atoms in total. The summed E-state index contributed by atoms with van der Waals surface area (Å²) in [6.45, 7) is 0.355. The number of fused-ring (bicyclic) bond motifs is 1. The number of imidazole rings is 1. The summed E-state index contributed by atoms with van der Waals surface area (Å²) in [5.41, 5.74) is 3.46. The van der Waals surface area contributed by atoms with Gasteiger partial charge in [-0.25, -0.2) is 27.7 Å². The number of nitrogens with two attached hydrogens (primary N) is 1. The van der Waals surface area contributed by atoms with Crippen LogP contribution in [0.3, 0.4) is 0 Å². The number of anilines is 1. The first kappa shape index (κ1) is 15.9. The van der Waals surface area contributed by atoms with Gasteiger partial charge in [-0.05, 0) is 6.92 Å². The molecule has 0 spiro atoms. The third kappa shape index (κ3) is 2.15. The number of hydrogen-bond donors (Lipinski definition) is 3. The van der Waals surface area contributed by atoms with E-state index in [1.165, 1.54) is 6.20 Å². The summed E-state index contributed by atoms with van der Waals surface area (Å²) >= 11 is 0.